The zero-order valence-electron chi connectivity index (χ0n) is 10.5. The summed E-state index contributed by atoms with van der Waals surface area (Å²) in [5.74, 6) is 0.272. The third-order valence-electron chi connectivity index (χ3n) is 2.64. The lowest BCUT2D eigenvalue weighted by molar-refractivity contribution is -0.384. The van der Waals surface area contributed by atoms with Gasteiger partial charge in [0.05, 0.1) is 17.0 Å². The van der Waals surface area contributed by atoms with Crippen LogP contribution >= 0.6 is 0 Å². The quantitative estimate of drug-likeness (QED) is 0.483. The van der Waals surface area contributed by atoms with E-state index < -0.39 is 11.1 Å². The van der Waals surface area contributed by atoms with E-state index in [1.165, 1.54) is 12.1 Å². The summed E-state index contributed by atoms with van der Waals surface area (Å²) < 4.78 is 11.3. The van der Waals surface area contributed by atoms with E-state index in [4.69, 9.17) is 4.74 Å². The van der Waals surface area contributed by atoms with Gasteiger partial charge in [-0.2, -0.15) is 0 Å². The highest BCUT2D eigenvalue weighted by Gasteiger charge is 2.14. The maximum atomic E-state index is 11.3. The number of aryl methyl sites for hydroxylation is 1. The summed E-state index contributed by atoms with van der Waals surface area (Å²) in [7, 11) is 1.70. The molecule has 0 saturated heterocycles. The second kappa shape index (κ2) is 4.97. The third kappa shape index (κ3) is 2.49. The van der Waals surface area contributed by atoms with Gasteiger partial charge >= 0.3 is 6.16 Å². The number of nitrogens with zero attached hydrogens (tertiary/aromatic N) is 2. The van der Waals surface area contributed by atoms with Crippen LogP contribution in [0.5, 0.6) is 5.88 Å². The summed E-state index contributed by atoms with van der Waals surface area (Å²) >= 11 is 0. The van der Waals surface area contributed by atoms with E-state index in [2.05, 4.69) is 4.74 Å². The van der Waals surface area contributed by atoms with Gasteiger partial charge < -0.3 is 14.0 Å². The molecule has 7 nitrogen and oxygen atoms in total. The summed E-state index contributed by atoms with van der Waals surface area (Å²) in [6.45, 7) is 1.89. The van der Waals surface area contributed by atoms with Crippen molar-refractivity contribution in [2.75, 3.05) is 6.61 Å². The van der Waals surface area contributed by atoms with Crippen LogP contribution in [0.3, 0.4) is 0 Å². The van der Waals surface area contributed by atoms with Gasteiger partial charge in [-0.25, -0.2) is 4.79 Å². The monoisotopic (exact) mass is 264 g/mol. The Morgan fingerprint density at radius 3 is 2.79 bits per heavy atom. The predicted octanol–water partition coefficient (Wildman–Crippen LogP) is 2.62. The largest absolute Gasteiger partial charge is 0.515 e. The van der Waals surface area contributed by atoms with E-state index in [0.29, 0.717) is 5.39 Å². The van der Waals surface area contributed by atoms with Crippen molar-refractivity contribution >= 4 is 22.7 Å². The normalized spacial score (nSPS) is 10.4. The Labute approximate surface area is 108 Å². The highest BCUT2D eigenvalue weighted by Crippen LogP contribution is 2.27. The molecular formula is C12H12N2O5. The van der Waals surface area contributed by atoms with E-state index in [-0.39, 0.29) is 18.2 Å². The zero-order chi connectivity index (χ0) is 14.0. The molecule has 0 spiro atoms. The summed E-state index contributed by atoms with van der Waals surface area (Å²) in [4.78, 5) is 21.5. The average molecular weight is 264 g/mol. The van der Waals surface area contributed by atoms with Gasteiger partial charge in [-0.05, 0) is 13.0 Å². The van der Waals surface area contributed by atoms with E-state index >= 15 is 0 Å². The van der Waals surface area contributed by atoms with E-state index in [0.717, 1.165) is 5.52 Å². The number of rotatable bonds is 3. The Balaban J connectivity index is 2.39. The molecule has 0 aliphatic heterocycles. The van der Waals surface area contributed by atoms with E-state index in [1.807, 2.05) is 0 Å². The second-order valence-corrected chi connectivity index (χ2v) is 3.83. The Morgan fingerprint density at radius 1 is 1.42 bits per heavy atom. The van der Waals surface area contributed by atoms with Crippen LogP contribution in [0.15, 0.2) is 24.3 Å². The first-order valence-electron chi connectivity index (χ1n) is 5.61. The van der Waals surface area contributed by atoms with Gasteiger partial charge in [0.2, 0.25) is 5.88 Å². The molecule has 0 bridgehead atoms. The van der Waals surface area contributed by atoms with Gasteiger partial charge in [0.15, 0.2) is 0 Å². The first-order valence-corrected chi connectivity index (χ1v) is 5.61. The molecule has 100 valence electrons. The Hall–Kier alpha value is -2.57. The molecule has 0 atom stereocenters. The molecule has 0 aliphatic carbocycles. The van der Waals surface area contributed by atoms with Crippen LogP contribution in [-0.2, 0) is 11.8 Å². The first kappa shape index (κ1) is 12.9. The van der Waals surface area contributed by atoms with E-state index in [1.54, 1.807) is 30.7 Å². The molecule has 0 unspecified atom stereocenters. The molecular weight excluding hydrogens is 252 g/mol. The van der Waals surface area contributed by atoms with Crippen LogP contribution in [0.25, 0.3) is 10.9 Å². The number of hydrogen-bond acceptors (Lipinski definition) is 5. The average Bonchev–Trinajstić information content (AvgIpc) is 2.66. The number of ether oxygens (including phenoxy) is 2. The lowest BCUT2D eigenvalue weighted by Crippen LogP contribution is -2.11. The third-order valence-corrected chi connectivity index (χ3v) is 2.64. The molecule has 0 saturated carbocycles. The fourth-order valence-electron chi connectivity index (χ4n) is 1.76. The van der Waals surface area contributed by atoms with Crippen LogP contribution in [0.1, 0.15) is 6.92 Å². The van der Waals surface area contributed by atoms with Crippen molar-refractivity contribution in [1.29, 1.82) is 0 Å². The van der Waals surface area contributed by atoms with Crippen molar-refractivity contribution in [3.8, 4) is 5.88 Å². The summed E-state index contributed by atoms with van der Waals surface area (Å²) in [5, 5.41) is 11.3. The second-order valence-electron chi connectivity index (χ2n) is 3.83. The van der Waals surface area contributed by atoms with Gasteiger partial charge in [0.1, 0.15) is 0 Å². The Bertz CT molecular complexity index is 647. The smallest absolute Gasteiger partial charge is 0.434 e. The lowest BCUT2D eigenvalue weighted by Gasteiger charge is -2.04. The Morgan fingerprint density at radius 2 is 2.16 bits per heavy atom. The van der Waals surface area contributed by atoms with Crippen LogP contribution in [-0.4, -0.2) is 22.3 Å². The van der Waals surface area contributed by atoms with E-state index in [9.17, 15) is 14.9 Å². The number of carbonyl (C=O) groups excluding carboxylic acids is 1. The van der Waals surface area contributed by atoms with Gasteiger partial charge in [-0.15, -0.1) is 0 Å². The van der Waals surface area contributed by atoms with Gasteiger partial charge in [0, 0.05) is 30.6 Å². The molecule has 0 aliphatic rings. The number of hydrogen-bond donors (Lipinski definition) is 0. The molecule has 1 aromatic carbocycles. The molecule has 19 heavy (non-hydrogen) atoms. The number of nitro groups is 1. The molecule has 1 heterocycles. The van der Waals surface area contributed by atoms with Gasteiger partial charge in [-0.3, -0.25) is 10.1 Å². The number of fused-ring (bicyclic) bond motifs is 1. The molecule has 0 fully saturated rings. The topological polar surface area (TPSA) is 83.6 Å². The highest BCUT2D eigenvalue weighted by atomic mass is 16.7. The van der Waals surface area contributed by atoms with Crippen molar-refractivity contribution in [3.63, 3.8) is 0 Å². The molecule has 7 heteroatoms. The molecule has 0 amide bonds. The van der Waals surface area contributed by atoms with Crippen molar-refractivity contribution in [1.82, 2.24) is 4.57 Å². The zero-order valence-corrected chi connectivity index (χ0v) is 10.5. The first-order chi connectivity index (χ1) is 9.02. The summed E-state index contributed by atoms with van der Waals surface area (Å²) in [6, 6.07) is 5.98. The summed E-state index contributed by atoms with van der Waals surface area (Å²) in [5.41, 5.74) is 0.714. The number of non-ortho nitro benzene ring substituents is 1. The van der Waals surface area contributed by atoms with Crippen LogP contribution < -0.4 is 4.74 Å². The highest BCUT2D eigenvalue weighted by molar-refractivity contribution is 5.85. The minimum atomic E-state index is -0.803. The Kier molecular flexibility index (Phi) is 3.37. The molecule has 0 radical (unpaired) electrons. The maximum Gasteiger partial charge on any atom is 0.515 e. The lowest BCUT2D eigenvalue weighted by atomic mass is 10.2. The van der Waals surface area contributed by atoms with Crippen LogP contribution in [0.2, 0.25) is 0 Å². The number of carbonyl (C=O) groups is 1. The SMILES string of the molecule is CCOC(=O)Oc1cc2cc([N+](=O)[O-])ccc2n1C. The van der Waals surface area contributed by atoms with Gasteiger partial charge in [-0.1, -0.05) is 0 Å². The molecule has 2 rings (SSSR count). The minimum Gasteiger partial charge on any atom is -0.434 e. The van der Waals surface area contributed by atoms with Crippen LogP contribution in [0.4, 0.5) is 10.5 Å². The maximum absolute atomic E-state index is 11.3. The number of nitro benzene ring substituents is 1. The van der Waals surface area contributed by atoms with Crippen molar-refractivity contribution in [2.24, 2.45) is 7.05 Å². The molecule has 1 aromatic heterocycles. The van der Waals surface area contributed by atoms with Crippen molar-refractivity contribution in [3.05, 3.63) is 34.4 Å². The van der Waals surface area contributed by atoms with Crippen LogP contribution in [0, 0.1) is 10.1 Å². The van der Waals surface area contributed by atoms with Gasteiger partial charge in [0.25, 0.3) is 5.69 Å². The van der Waals surface area contributed by atoms with Crippen molar-refractivity contribution in [2.45, 2.75) is 6.92 Å². The fourth-order valence-corrected chi connectivity index (χ4v) is 1.76. The number of benzene rings is 1. The molecule has 2 aromatic rings. The minimum absolute atomic E-state index is 0.0132. The molecule has 0 N–H and O–H groups in total. The predicted molar refractivity (Wildman–Crippen MR) is 67.2 cm³/mol. The fraction of sp³-hybridized carbons (Fsp3) is 0.250. The van der Waals surface area contributed by atoms with Crippen molar-refractivity contribution < 1.29 is 19.2 Å². The summed E-state index contributed by atoms with van der Waals surface area (Å²) in [6.07, 6.45) is -0.803. The number of aromatic nitrogens is 1. The standard InChI is InChI=1S/C12H12N2O5/c1-3-18-12(15)19-11-7-8-6-9(14(16)17)4-5-10(8)13(11)2/h4-7H,3H2,1-2H3.